The van der Waals surface area contributed by atoms with Crippen molar-refractivity contribution in [3.05, 3.63) is 0 Å². The van der Waals surface area contributed by atoms with Crippen LogP contribution in [0.3, 0.4) is 0 Å². The van der Waals surface area contributed by atoms with Gasteiger partial charge in [-0.1, -0.05) is 47.0 Å². The van der Waals surface area contributed by atoms with Gasteiger partial charge < -0.3 is 0 Å². The van der Waals surface area contributed by atoms with Crippen LogP contribution in [0.25, 0.3) is 0 Å². The van der Waals surface area contributed by atoms with Crippen LogP contribution in [0.1, 0.15) is 66.2 Å². The maximum Gasteiger partial charge on any atom is 0.0351 e. The summed E-state index contributed by atoms with van der Waals surface area (Å²) in [5.41, 5.74) is 0. The van der Waals surface area contributed by atoms with Crippen LogP contribution in [0, 0.1) is 5.92 Å². The Balaban J connectivity index is 4.27. The van der Waals surface area contributed by atoms with Crippen LogP contribution in [-0.2, 0) is 0 Å². The fourth-order valence-electron chi connectivity index (χ4n) is 2.59. The van der Waals surface area contributed by atoms with Gasteiger partial charge in [-0.3, -0.25) is 4.90 Å². The first-order valence-electron chi connectivity index (χ1n) is 7.53. The number of alkyl halides is 1. The van der Waals surface area contributed by atoms with Gasteiger partial charge in [-0.15, -0.1) is 11.6 Å². The summed E-state index contributed by atoms with van der Waals surface area (Å²) in [4.78, 5) is 2.62. The molecule has 0 aromatic heterocycles. The highest BCUT2D eigenvalue weighted by atomic mass is 35.5. The Morgan fingerprint density at radius 2 is 1.65 bits per heavy atom. The molecule has 0 radical (unpaired) electrons. The zero-order chi connectivity index (χ0) is 13.1. The monoisotopic (exact) mass is 261 g/mol. The van der Waals surface area contributed by atoms with E-state index in [9.17, 15) is 0 Å². The summed E-state index contributed by atoms with van der Waals surface area (Å²) in [5, 5.41) is 0. The third-order valence-electron chi connectivity index (χ3n) is 3.87. The molecule has 0 aromatic carbocycles. The lowest BCUT2D eigenvalue weighted by molar-refractivity contribution is 0.160. The summed E-state index contributed by atoms with van der Waals surface area (Å²) in [6.45, 7) is 11.5. The van der Waals surface area contributed by atoms with Crippen molar-refractivity contribution >= 4 is 11.6 Å². The van der Waals surface area contributed by atoms with Gasteiger partial charge in [-0.25, -0.2) is 0 Å². The molecule has 0 amide bonds. The molecule has 104 valence electrons. The van der Waals surface area contributed by atoms with Crippen molar-refractivity contribution in [2.75, 3.05) is 19.0 Å². The first kappa shape index (κ1) is 17.2. The summed E-state index contributed by atoms with van der Waals surface area (Å²) in [5.74, 6) is 1.62. The van der Waals surface area contributed by atoms with Crippen LogP contribution in [0.15, 0.2) is 0 Å². The molecule has 0 aliphatic carbocycles. The molecule has 0 spiro atoms. The van der Waals surface area contributed by atoms with E-state index in [0.29, 0.717) is 0 Å². The van der Waals surface area contributed by atoms with Crippen LogP contribution >= 0.6 is 11.6 Å². The van der Waals surface area contributed by atoms with E-state index >= 15 is 0 Å². The molecule has 0 bridgehead atoms. The number of hydrogen-bond acceptors (Lipinski definition) is 1. The molecule has 0 fully saturated rings. The quantitative estimate of drug-likeness (QED) is 0.477. The minimum atomic E-state index is 0.726. The predicted octanol–water partition coefficient (Wildman–Crippen LogP) is 4.93. The first-order valence-corrected chi connectivity index (χ1v) is 8.06. The molecule has 1 nitrogen and oxygen atoms in total. The Kier molecular flexibility index (Phi) is 11.5. The maximum atomic E-state index is 5.94. The number of unbranched alkanes of at least 4 members (excludes halogenated alkanes) is 1. The lowest BCUT2D eigenvalue weighted by Crippen LogP contribution is -2.39. The average molecular weight is 262 g/mol. The van der Waals surface area contributed by atoms with Gasteiger partial charge in [0, 0.05) is 25.0 Å². The van der Waals surface area contributed by atoms with E-state index in [1.165, 1.54) is 45.1 Å². The third kappa shape index (κ3) is 7.31. The van der Waals surface area contributed by atoms with Crippen molar-refractivity contribution in [1.82, 2.24) is 4.90 Å². The van der Waals surface area contributed by atoms with Gasteiger partial charge in [0.1, 0.15) is 0 Å². The van der Waals surface area contributed by atoms with Crippen molar-refractivity contribution in [3.8, 4) is 0 Å². The molecule has 1 unspecified atom stereocenters. The Hall–Kier alpha value is 0.250. The highest BCUT2D eigenvalue weighted by molar-refractivity contribution is 6.18. The second-order valence-electron chi connectivity index (χ2n) is 5.07. The molecule has 0 saturated carbocycles. The number of nitrogens with zero attached hydrogens (tertiary/aromatic N) is 1. The van der Waals surface area contributed by atoms with E-state index in [1.807, 2.05) is 0 Å². The molecule has 0 N–H and O–H groups in total. The molecular weight excluding hydrogens is 230 g/mol. The number of hydrogen-bond donors (Lipinski definition) is 0. The predicted molar refractivity (Wildman–Crippen MR) is 80.0 cm³/mol. The van der Waals surface area contributed by atoms with Crippen LogP contribution in [0.4, 0.5) is 0 Å². The standard InChI is InChI=1S/C15H32ClN/c1-5-9-10-14(6-2)13-17(12-11-16)15(7-3)8-4/h14-15H,5-13H2,1-4H3. The zero-order valence-corrected chi connectivity index (χ0v) is 13.1. The molecule has 0 aliphatic rings. The SMILES string of the molecule is CCCCC(CC)CN(CCCl)C(CC)CC. The van der Waals surface area contributed by atoms with Crippen molar-refractivity contribution < 1.29 is 0 Å². The lowest BCUT2D eigenvalue weighted by Gasteiger charge is -2.33. The third-order valence-corrected chi connectivity index (χ3v) is 4.04. The van der Waals surface area contributed by atoms with Crippen molar-refractivity contribution in [1.29, 1.82) is 0 Å². The molecular formula is C15H32ClN. The number of rotatable bonds is 11. The zero-order valence-electron chi connectivity index (χ0n) is 12.3. The Morgan fingerprint density at radius 3 is 2.06 bits per heavy atom. The fourth-order valence-corrected chi connectivity index (χ4v) is 2.80. The molecule has 0 aliphatic heterocycles. The molecule has 1 atom stereocenters. The summed E-state index contributed by atoms with van der Waals surface area (Å²) >= 11 is 5.94. The molecule has 0 saturated heterocycles. The minimum Gasteiger partial charge on any atom is -0.299 e. The van der Waals surface area contributed by atoms with E-state index in [2.05, 4.69) is 32.6 Å². The van der Waals surface area contributed by atoms with Crippen LogP contribution in [-0.4, -0.2) is 29.9 Å². The van der Waals surface area contributed by atoms with E-state index in [4.69, 9.17) is 11.6 Å². The lowest BCUT2D eigenvalue weighted by atomic mass is 9.97. The minimum absolute atomic E-state index is 0.726. The second kappa shape index (κ2) is 11.3. The normalized spacial score (nSPS) is 13.6. The first-order chi connectivity index (χ1) is 8.23. The van der Waals surface area contributed by atoms with Crippen molar-refractivity contribution in [3.63, 3.8) is 0 Å². The second-order valence-corrected chi connectivity index (χ2v) is 5.45. The van der Waals surface area contributed by atoms with Gasteiger partial charge in [0.25, 0.3) is 0 Å². The van der Waals surface area contributed by atoms with Gasteiger partial charge in [0.15, 0.2) is 0 Å². The van der Waals surface area contributed by atoms with E-state index in [-0.39, 0.29) is 0 Å². The van der Waals surface area contributed by atoms with E-state index in [0.717, 1.165) is 24.4 Å². The van der Waals surface area contributed by atoms with E-state index in [1.54, 1.807) is 0 Å². The van der Waals surface area contributed by atoms with Crippen molar-refractivity contribution in [2.24, 2.45) is 5.92 Å². The Labute approximate surface area is 114 Å². The van der Waals surface area contributed by atoms with Gasteiger partial charge in [0.2, 0.25) is 0 Å². The van der Waals surface area contributed by atoms with Crippen LogP contribution in [0.5, 0.6) is 0 Å². The highest BCUT2D eigenvalue weighted by Gasteiger charge is 2.18. The van der Waals surface area contributed by atoms with Gasteiger partial charge in [0.05, 0.1) is 0 Å². The topological polar surface area (TPSA) is 3.24 Å². The maximum absolute atomic E-state index is 5.94. The van der Waals surface area contributed by atoms with E-state index < -0.39 is 0 Å². The van der Waals surface area contributed by atoms with Crippen LogP contribution in [0.2, 0.25) is 0 Å². The number of halogens is 1. The van der Waals surface area contributed by atoms with Gasteiger partial charge in [-0.05, 0) is 25.2 Å². The van der Waals surface area contributed by atoms with Gasteiger partial charge in [-0.2, -0.15) is 0 Å². The molecule has 17 heavy (non-hydrogen) atoms. The summed E-state index contributed by atoms with van der Waals surface area (Å²) in [6.07, 6.45) is 7.87. The Morgan fingerprint density at radius 1 is 1.00 bits per heavy atom. The molecule has 0 aromatic rings. The molecule has 2 heteroatoms. The van der Waals surface area contributed by atoms with Crippen LogP contribution < -0.4 is 0 Å². The molecule has 0 heterocycles. The summed E-state index contributed by atoms with van der Waals surface area (Å²) < 4.78 is 0. The average Bonchev–Trinajstić information content (AvgIpc) is 2.35. The highest BCUT2D eigenvalue weighted by Crippen LogP contribution is 2.18. The molecule has 0 rings (SSSR count). The fraction of sp³-hybridized carbons (Fsp3) is 1.00. The Bertz CT molecular complexity index is 157. The largest absolute Gasteiger partial charge is 0.299 e. The smallest absolute Gasteiger partial charge is 0.0351 e. The summed E-state index contributed by atoms with van der Waals surface area (Å²) in [6, 6.07) is 0.726. The van der Waals surface area contributed by atoms with Crippen molar-refractivity contribution in [2.45, 2.75) is 72.3 Å². The summed E-state index contributed by atoms with van der Waals surface area (Å²) in [7, 11) is 0. The van der Waals surface area contributed by atoms with Gasteiger partial charge >= 0.3 is 0 Å².